The lowest BCUT2D eigenvalue weighted by molar-refractivity contribution is 1.11. The summed E-state index contributed by atoms with van der Waals surface area (Å²) in [6.45, 7) is 4.14. The lowest BCUT2D eigenvalue weighted by Gasteiger charge is -2.08. The summed E-state index contributed by atoms with van der Waals surface area (Å²) in [6, 6.07) is 6.21. The molecule has 0 saturated heterocycles. The monoisotopic (exact) mass is 225 g/mol. The van der Waals surface area contributed by atoms with E-state index < -0.39 is 0 Å². The van der Waals surface area contributed by atoms with E-state index in [1.54, 1.807) is 0 Å². The van der Waals surface area contributed by atoms with Crippen molar-refractivity contribution in [3.63, 3.8) is 0 Å². The second kappa shape index (κ2) is 5.29. The van der Waals surface area contributed by atoms with Crippen molar-refractivity contribution < 1.29 is 0 Å². The highest BCUT2D eigenvalue weighted by Crippen LogP contribution is 2.31. The molecule has 0 bridgehead atoms. The Morgan fingerprint density at radius 3 is 2.71 bits per heavy atom. The van der Waals surface area contributed by atoms with Gasteiger partial charge in [-0.05, 0) is 30.5 Å². The number of nitrogens with zero attached hydrogens (tertiary/aromatic N) is 1. The molecule has 1 aromatic carbocycles. The number of thioether (sulfide) groups is 1. The van der Waals surface area contributed by atoms with Gasteiger partial charge in [0.2, 0.25) is 0 Å². The van der Waals surface area contributed by atoms with Crippen LogP contribution >= 0.6 is 23.4 Å². The number of rotatable bonds is 3. The van der Waals surface area contributed by atoms with Crippen molar-refractivity contribution in [3.8, 4) is 6.07 Å². The lowest BCUT2D eigenvalue weighted by Crippen LogP contribution is -1.88. The molecule has 0 radical (unpaired) electrons. The summed E-state index contributed by atoms with van der Waals surface area (Å²) in [7, 11) is 0. The van der Waals surface area contributed by atoms with E-state index >= 15 is 0 Å². The van der Waals surface area contributed by atoms with Crippen molar-refractivity contribution in [1.29, 1.82) is 5.26 Å². The molecular formula is C11H12ClNS. The van der Waals surface area contributed by atoms with Crippen LogP contribution in [0.3, 0.4) is 0 Å². The summed E-state index contributed by atoms with van der Waals surface area (Å²) >= 11 is 7.62. The molecule has 3 heteroatoms. The first-order valence-electron chi connectivity index (χ1n) is 4.47. The number of aryl methyl sites for hydroxylation is 2. The molecule has 0 spiro atoms. The molecule has 0 aliphatic carbocycles. The summed E-state index contributed by atoms with van der Waals surface area (Å²) in [4.78, 5) is 1.03. The Morgan fingerprint density at radius 2 is 2.21 bits per heavy atom. The van der Waals surface area contributed by atoms with Gasteiger partial charge in [0.25, 0.3) is 0 Å². The van der Waals surface area contributed by atoms with Gasteiger partial charge in [0.15, 0.2) is 0 Å². The SMILES string of the molecule is CCc1cc(C)c(SCC#N)c(Cl)c1. The molecule has 0 amide bonds. The maximum absolute atomic E-state index is 8.50. The van der Waals surface area contributed by atoms with Gasteiger partial charge in [0.05, 0.1) is 16.8 Å². The maximum Gasteiger partial charge on any atom is 0.0855 e. The smallest absolute Gasteiger partial charge is 0.0855 e. The highest BCUT2D eigenvalue weighted by atomic mass is 35.5. The Hall–Kier alpha value is -0.650. The molecule has 1 rings (SSSR count). The first-order valence-corrected chi connectivity index (χ1v) is 5.84. The Morgan fingerprint density at radius 1 is 1.50 bits per heavy atom. The minimum atomic E-state index is 0.450. The Bertz CT molecular complexity index is 345. The largest absolute Gasteiger partial charge is 0.197 e. The second-order valence-electron chi connectivity index (χ2n) is 3.02. The van der Waals surface area contributed by atoms with E-state index in [4.69, 9.17) is 16.9 Å². The fourth-order valence-electron chi connectivity index (χ4n) is 1.29. The standard InChI is InChI=1S/C11H12ClNS/c1-3-9-6-8(2)11(10(12)7-9)14-5-4-13/h6-7H,3,5H2,1-2H3. The fourth-order valence-corrected chi connectivity index (χ4v) is 2.44. The van der Waals surface area contributed by atoms with Crippen LogP contribution in [0.5, 0.6) is 0 Å². The van der Waals surface area contributed by atoms with Crippen molar-refractivity contribution >= 4 is 23.4 Å². The molecule has 0 aliphatic rings. The van der Waals surface area contributed by atoms with Crippen LogP contribution < -0.4 is 0 Å². The molecular weight excluding hydrogens is 214 g/mol. The van der Waals surface area contributed by atoms with Crippen molar-refractivity contribution in [2.45, 2.75) is 25.2 Å². The van der Waals surface area contributed by atoms with Crippen LogP contribution in [0.25, 0.3) is 0 Å². The van der Waals surface area contributed by atoms with Crippen LogP contribution in [-0.4, -0.2) is 5.75 Å². The summed E-state index contributed by atoms with van der Waals surface area (Å²) in [6.07, 6.45) is 0.990. The Labute approximate surface area is 94.1 Å². The van der Waals surface area contributed by atoms with Crippen LogP contribution in [0.2, 0.25) is 5.02 Å². The predicted molar refractivity (Wildman–Crippen MR) is 61.9 cm³/mol. The van der Waals surface area contributed by atoms with Crippen molar-refractivity contribution in [2.75, 3.05) is 5.75 Å². The molecule has 14 heavy (non-hydrogen) atoms. The lowest BCUT2D eigenvalue weighted by atomic mass is 10.1. The molecule has 0 heterocycles. The summed E-state index contributed by atoms with van der Waals surface area (Å²) < 4.78 is 0. The number of hydrogen-bond acceptors (Lipinski definition) is 2. The predicted octanol–water partition coefficient (Wildman–Crippen LogP) is 3.83. The molecule has 0 unspecified atom stereocenters. The van der Waals surface area contributed by atoms with Gasteiger partial charge in [-0.15, -0.1) is 11.8 Å². The summed E-state index contributed by atoms with van der Waals surface area (Å²) in [5.41, 5.74) is 2.41. The van der Waals surface area contributed by atoms with Crippen LogP contribution in [-0.2, 0) is 6.42 Å². The molecule has 0 N–H and O–H groups in total. The fraction of sp³-hybridized carbons (Fsp3) is 0.364. The highest BCUT2D eigenvalue weighted by Gasteiger charge is 2.06. The zero-order valence-corrected chi connectivity index (χ0v) is 9.87. The molecule has 1 nitrogen and oxygen atoms in total. The summed E-state index contributed by atoms with van der Waals surface area (Å²) in [5, 5.41) is 9.26. The van der Waals surface area contributed by atoms with Gasteiger partial charge in [-0.3, -0.25) is 0 Å². The van der Waals surface area contributed by atoms with Crippen LogP contribution in [0.4, 0.5) is 0 Å². The van der Waals surface area contributed by atoms with Crippen LogP contribution in [0, 0.1) is 18.3 Å². The minimum Gasteiger partial charge on any atom is -0.197 e. The third-order valence-corrected chi connectivity index (χ3v) is 3.49. The van der Waals surface area contributed by atoms with E-state index in [0.29, 0.717) is 5.75 Å². The van der Waals surface area contributed by atoms with Gasteiger partial charge >= 0.3 is 0 Å². The topological polar surface area (TPSA) is 23.8 Å². The number of nitriles is 1. The van der Waals surface area contributed by atoms with E-state index in [1.807, 2.05) is 13.0 Å². The minimum absolute atomic E-state index is 0.450. The molecule has 0 fully saturated rings. The van der Waals surface area contributed by atoms with Gasteiger partial charge in [0.1, 0.15) is 0 Å². The van der Waals surface area contributed by atoms with Gasteiger partial charge in [-0.25, -0.2) is 0 Å². The zero-order valence-electron chi connectivity index (χ0n) is 8.30. The van der Waals surface area contributed by atoms with Crippen molar-refractivity contribution in [2.24, 2.45) is 0 Å². The van der Waals surface area contributed by atoms with Crippen LogP contribution in [0.15, 0.2) is 17.0 Å². The van der Waals surface area contributed by atoms with E-state index in [-0.39, 0.29) is 0 Å². The van der Waals surface area contributed by atoms with Gasteiger partial charge in [0, 0.05) is 4.90 Å². The van der Waals surface area contributed by atoms with Gasteiger partial charge in [-0.2, -0.15) is 5.26 Å². The summed E-state index contributed by atoms with van der Waals surface area (Å²) in [5.74, 6) is 0.450. The highest BCUT2D eigenvalue weighted by molar-refractivity contribution is 7.99. The average Bonchev–Trinajstić information content (AvgIpc) is 2.16. The zero-order chi connectivity index (χ0) is 10.6. The molecule has 0 saturated carbocycles. The van der Waals surface area contributed by atoms with Gasteiger partial charge < -0.3 is 0 Å². The Balaban J connectivity index is 3.00. The first kappa shape index (κ1) is 11.4. The third kappa shape index (κ3) is 2.67. The number of hydrogen-bond donors (Lipinski definition) is 0. The van der Waals surface area contributed by atoms with E-state index in [9.17, 15) is 0 Å². The Kier molecular flexibility index (Phi) is 4.31. The quantitative estimate of drug-likeness (QED) is 0.731. The number of halogens is 1. The van der Waals surface area contributed by atoms with E-state index in [0.717, 1.165) is 21.9 Å². The normalized spacial score (nSPS) is 9.86. The van der Waals surface area contributed by atoms with E-state index in [1.165, 1.54) is 17.3 Å². The van der Waals surface area contributed by atoms with Gasteiger partial charge in [-0.1, -0.05) is 24.6 Å². The second-order valence-corrected chi connectivity index (χ2v) is 4.42. The first-order chi connectivity index (χ1) is 6.69. The maximum atomic E-state index is 8.50. The van der Waals surface area contributed by atoms with E-state index in [2.05, 4.69) is 19.1 Å². The van der Waals surface area contributed by atoms with Crippen LogP contribution in [0.1, 0.15) is 18.1 Å². The molecule has 74 valence electrons. The molecule has 0 atom stereocenters. The van der Waals surface area contributed by atoms with Crippen molar-refractivity contribution in [1.82, 2.24) is 0 Å². The molecule has 0 aromatic heterocycles. The third-order valence-electron chi connectivity index (χ3n) is 1.98. The molecule has 0 aliphatic heterocycles. The average molecular weight is 226 g/mol. The molecule has 1 aromatic rings. The van der Waals surface area contributed by atoms with Crippen molar-refractivity contribution in [3.05, 3.63) is 28.3 Å². The number of benzene rings is 1.